The Morgan fingerprint density at radius 1 is 1.60 bits per heavy atom. The molecule has 3 N–H and O–H groups in total. The minimum absolute atomic E-state index is 0.134. The summed E-state index contributed by atoms with van der Waals surface area (Å²) < 4.78 is 13.2. The van der Waals surface area contributed by atoms with Crippen molar-refractivity contribution in [1.82, 2.24) is 5.32 Å². The molecule has 0 saturated carbocycles. The van der Waals surface area contributed by atoms with E-state index in [1.54, 1.807) is 14.0 Å². The molecule has 0 radical (unpaired) electrons. The Morgan fingerprint density at radius 3 is 2.73 bits per heavy atom. The van der Waals surface area contributed by atoms with E-state index in [9.17, 15) is 14.6 Å². The molecule has 0 aromatic heterocycles. The zero-order valence-electron chi connectivity index (χ0n) is 8.51. The van der Waals surface area contributed by atoms with Gasteiger partial charge in [0.15, 0.2) is 11.6 Å². The van der Waals surface area contributed by atoms with E-state index in [2.05, 4.69) is 5.32 Å². The molecule has 1 aromatic carbocycles. The number of aliphatic hydroxyl groups is 1. The lowest BCUT2D eigenvalue weighted by atomic mass is 10.0. The third kappa shape index (κ3) is 2.40. The molecule has 1 atom stereocenters. The molecule has 5 heteroatoms. The number of hydrogen-bond acceptors (Lipinski definition) is 3. The van der Waals surface area contributed by atoms with E-state index in [4.69, 9.17) is 11.6 Å². The zero-order chi connectivity index (χ0) is 11.6. The minimum Gasteiger partial charge on any atom is -0.505 e. The minimum atomic E-state index is -0.983. The van der Waals surface area contributed by atoms with E-state index in [1.807, 2.05) is 0 Å². The van der Waals surface area contributed by atoms with Gasteiger partial charge in [0.1, 0.15) is 0 Å². The number of likely N-dealkylation sites (N-methyl/N-ethyl adjacent to an activating group) is 1. The Balaban J connectivity index is 3.26. The first-order chi connectivity index (χ1) is 6.99. The van der Waals surface area contributed by atoms with E-state index >= 15 is 0 Å². The summed E-state index contributed by atoms with van der Waals surface area (Å²) in [5, 5.41) is 22.1. The fourth-order valence-electron chi connectivity index (χ4n) is 1.43. The SMILES string of the molecule is CNCC(O)c1c(C)c(Cl)cc(F)c1O. The Kier molecular flexibility index (Phi) is 3.90. The van der Waals surface area contributed by atoms with Crippen LogP contribution >= 0.6 is 11.6 Å². The van der Waals surface area contributed by atoms with Crippen molar-refractivity contribution in [3.05, 3.63) is 28.0 Å². The first kappa shape index (κ1) is 12.2. The first-order valence-electron chi connectivity index (χ1n) is 4.49. The van der Waals surface area contributed by atoms with Crippen LogP contribution in [0.25, 0.3) is 0 Å². The first-order valence-corrected chi connectivity index (χ1v) is 4.87. The second-order valence-corrected chi connectivity index (χ2v) is 3.71. The zero-order valence-corrected chi connectivity index (χ0v) is 9.27. The molecule has 0 fully saturated rings. The second-order valence-electron chi connectivity index (χ2n) is 3.30. The second kappa shape index (κ2) is 4.79. The monoisotopic (exact) mass is 233 g/mol. The van der Waals surface area contributed by atoms with Gasteiger partial charge in [0.2, 0.25) is 0 Å². The highest BCUT2D eigenvalue weighted by molar-refractivity contribution is 6.31. The Hall–Kier alpha value is -0.840. The van der Waals surface area contributed by atoms with Crippen molar-refractivity contribution in [1.29, 1.82) is 0 Å². The highest BCUT2D eigenvalue weighted by atomic mass is 35.5. The molecule has 0 heterocycles. The van der Waals surface area contributed by atoms with Gasteiger partial charge in [-0.25, -0.2) is 4.39 Å². The maximum atomic E-state index is 13.2. The number of aliphatic hydroxyl groups excluding tert-OH is 1. The van der Waals surface area contributed by atoms with Crippen LogP contribution in [0.15, 0.2) is 6.07 Å². The van der Waals surface area contributed by atoms with Gasteiger partial charge in [0.05, 0.1) is 6.10 Å². The Morgan fingerprint density at radius 2 is 2.20 bits per heavy atom. The molecule has 0 aliphatic carbocycles. The van der Waals surface area contributed by atoms with Crippen molar-refractivity contribution in [3.8, 4) is 5.75 Å². The molecule has 0 bridgehead atoms. The Bertz CT molecular complexity index is 345. The fraction of sp³-hybridized carbons (Fsp3) is 0.400. The summed E-state index contributed by atoms with van der Waals surface area (Å²) in [6.07, 6.45) is -0.983. The summed E-state index contributed by atoms with van der Waals surface area (Å²) in [6.45, 7) is 1.84. The van der Waals surface area contributed by atoms with Crippen LogP contribution in [-0.2, 0) is 0 Å². The number of phenols is 1. The summed E-state index contributed by atoms with van der Waals surface area (Å²) >= 11 is 5.75. The van der Waals surface area contributed by atoms with Gasteiger partial charge in [-0.1, -0.05) is 11.6 Å². The van der Waals surface area contributed by atoms with E-state index in [1.165, 1.54) is 0 Å². The smallest absolute Gasteiger partial charge is 0.166 e. The lowest BCUT2D eigenvalue weighted by Gasteiger charge is -2.16. The summed E-state index contributed by atoms with van der Waals surface area (Å²) in [5.74, 6) is -1.37. The molecule has 0 aliphatic rings. The van der Waals surface area contributed by atoms with Crippen molar-refractivity contribution in [2.75, 3.05) is 13.6 Å². The van der Waals surface area contributed by atoms with Crippen molar-refractivity contribution < 1.29 is 14.6 Å². The fourth-order valence-corrected chi connectivity index (χ4v) is 1.62. The predicted molar refractivity (Wildman–Crippen MR) is 56.7 cm³/mol. The van der Waals surface area contributed by atoms with E-state index < -0.39 is 17.7 Å². The van der Waals surface area contributed by atoms with Gasteiger partial charge in [0, 0.05) is 17.1 Å². The van der Waals surface area contributed by atoms with Gasteiger partial charge in [0.25, 0.3) is 0 Å². The van der Waals surface area contributed by atoms with Crippen LogP contribution in [0.4, 0.5) is 4.39 Å². The molecule has 3 nitrogen and oxygen atoms in total. The standard InChI is InChI=1S/C10H13ClFNO2/c1-5-6(11)3-7(12)10(15)9(5)8(14)4-13-2/h3,8,13-15H,4H2,1-2H3. The average molecular weight is 234 g/mol. The van der Waals surface area contributed by atoms with Crippen LogP contribution in [0.5, 0.6) is 5.75 Å². The van der Waals surface area contributed by atoms with Gasteiger partial charge >= 0.3 is 0 Å². The number of halogens is 2. The molecule has 1 rings (SSSR count). The lowest BCUT2D eigenvalue weighted by molar-refractivity contribution is 0.172. The van der Waals surface area contributed by atoms with Crippen LogP contribution in [0, 0.1) is 12.7 Å². The number of benzene rings is 1. The number of hydrogen-bond donors (Lipinski definition) is 3. The van der Waals surface area contributed by atoms with Gasteiger partial charge in [-0.15, -0.1) is 0 Å². The van der Waals surface area contributed by atoms with Gasteiger partial charge in [-0.05, 0) is 25.6 Å². The number of phenolic OH excluding ortho intramolecular Hbond substituents is 1. The maximum Gasteiger partial charge on any atom is 0.166 e. The summed E-state index contributed by atoms with van der Waals surface area (Å²) in [5.41, 5.74) is 0.618. The van der Waals surface area contributed by atoms with Gasteiger partial charge in [-0.2, -0.15) is 0 Å². The molecule has 1 aromatic rings. The predicted octanol–water partition coefficient (Wildman–Crippen LogP) is 1.75. The van der Waals surface area contributed by atoms with Crippen molar-refractivity contribution >= 4 is 11.6 Å². The number of aromatic hydroxyl groups is 1. The lowest BCUT2D eigenvalue weighted by Crippen LogP contribution is -2.18. The van der Waals surface area contributed by atoms with Crippen molar-refractivity contribution in [2.24, 2.45) is 0 Å². The topological polar surface area (TPSA) is 52.5 Å². The van der Waals surface area contributed by atoms with Crippen molar-refractivity contribution in [2.45, 2.75) is 13.0 Å². The highest BCUT2D eigenvalue weighted by Crippen LogP contribution is 2.34. The molecule has 84 valence electrons. The molecule has 0 spiro atoms. The average Bonchev–Trinajstić information content (AvgIpc) is 2.16. The number of rotatable bonds is 3. The van der Waals surface area contributed by atoms with E-state index in [0.29, 0.717) is 5.56 Å². The molecule has 0 saturated heterocycles. The number of nitrogens with one attached hydrogen (secondary N) is 1. The van der Waals surface area contributed by atoms with Crippen LogP contribution in [0.3, 0.4) is 0 Å². The van der Waals surface area contributed by atoms with Gasteiger partial charge < -0.3 is 15.5 Å². The molecule has 0 amide bonds. The van der Waals surface area contributed by atoms with Crippen LogP contribution < -0.4 is 5.32 Å². The maximum absolute atomic E-state index is 13.2. The van der Waals surface area contributed by atoms with Crippen LogP contribution in [0.2, 0.25) is 5.02 Å². The third-order valence-electron chi connectivity index (χ3n) is 2.23. The Labute approximate surface area is 92.5 Å². The molecule has 15 heavy (non-hydrogen) atoms. The largest absolute Gasteiger partial charge is 0.505 e. The third-order valence-corrected chi connectivity index (χ3v) is 2.62. The van der Waals surface area contributed by atoms with Gasteiger partial charge in [-0.3, -0.25) is 0 Å². The molecular formula is C10H13ClFNO2. The summed E-state index contributed by atoms with van der Waals surface area (Å²) in [4.78, 5) is 0. The van der Waals surface area contributed by atoms with E-state index in [0.717, 1.165) is 6.07 Å². The van der Waals surface area contributed by atoms with E-state index in [-0.39, 0.29) is 17.1 Å². The van der Waals surface area contributed by atoms with Crippen LogP contribution in [0.1, 0.15) is 17.2 Å². The summed E-state index contributed by atoms with van der Waals surface area (Å²) in [6, 6.07) is 1.03. The molecule has 1 unspecified atom stereocenters. The van der Waals surface area contributed by atoms with Crippen LogP contribution in [-0.4, -0.2) is 23.8 Å². The molecular weight excluding hydrogens is 221 g/mol. The summed E-state index contributed by atoms with van der Waals surface area (Å²) in [7, 11) is 1.65. The normalized spacial score (nSPS) is 12.9. The molecule has 0 aliphatic heterocycles. The highest BCUT2D eigenvalue weighted by Gasteiger charge is 2.20. The van der Waals surface area contributed by atoms with Crippen molar-refractivity contribution in [3.63, 3.8) is 0 Å². The quantitative estimate of drug-likeness (QED) is 0.746.